The Labute approximate surface area is 115 Å². The van der Waals surface area contributed by atoms with Gasteiger partial charge in [-0.2, -0.15) is 5.10 Å². The van der Waals surface area contributed by atoms with Crippen molar-refractivity contribution in [2.24, 2.45) is 0 Å². The summed E-state index contributed by atoms with van der Waals surface area (Å²) in [7, 11) is 1.93. The van der Waals surface area contributed by atoms with E-state index < -0.39 is 0 Å². The van der Waals surface area contributed by atoms with Gasteiger partial charge < -0.3 is 10.1 Å². The minimum atomic E-state index is -0.292. The monoisotopic (exact) mass is 273 g/mol. The second kappa shape index (κ2) is 6.55. The first-order chi connectivity index (χ1) is 8.53. The van der Waals surface area contributed by atoms with Gasteiger partial charge in [0.1, 0.15) is 0 Å². The third-order valence-corrected chi connectivity index (χ3v) is 3.77. The number of aromatic nitrogens is 2. The zero-order valence-corrected chi connectivity index (χ0v) is 12.7. The SMILES string of the molecule is CCOC(C)(CC)C(NC)c1c(Cl)cnn1CC. The van der Waals surface area contributed by atoms with Gasteiger partial charge in [0.05, 0.1) is 28.6 Å². The maximum absolute atomic E-state index is 6.28. The van der Waals surface area contributed by atoms with E-state index in [9.17, 15) is 0 Å². The van der Waals surface area contributed by atoms with Crippen LogP contribution in [0.1, 0.15) is 45.9 Å². The van der Waals surface area contributed by atoms with Crippen LogP contribution in [0.3, 0.4) is 0 Å². The Kier molecular flexibility index (Phi) is 5.63. The molecule has 1 aromatic rings. The topological polar surface area (TPSA) is 39.1 Å². The van der Waals surface area contributed by atoms with Crippen LogP contribution >= 0.6 is 11.6 Å². The Hall–Kier alpha value is -0.580. The quantitative estimate of drug-likeness (QED) is 0.830. The average Bonchev–Trinajstić information content (AvgIpc) is 2.72. The number of nitrogens with one attached hydrogen (secondary N) is 1. The summed E-state index contributed by atoms with van der Waals surface area (Å²) >= 11 is 6.28. The van der Waals surface area contributed by atoms with E-state index in [4.69, 9.17) is 16.3 Å². The first-order valence-corrected chi connectivity index (χ1v) is 6.94. The number of hydrogen-bond donors (Lipinski definition) is 1. The van der Waals surface area contributed by atoms with Crippen molar-refractivity contribution in [2.75, 3.05) is 13.7 Å². The highest BCUT2D eigenvalue weighted by atomic mass is 35.5. The molecule has 18 heavy (non-hydrogen) atoms. The molecule has 1 aromatic heterocycles. The average molecular weight is 274 g/mol. The largest absolute Gasteiger partial charge is 0.374 e. The third-order valence-electron chi connectivity index (χ3n) is 3.48. The first-order valence-electron chi connectivity index (χ1n) is 6.56. The Morgan fingerprint density at radius 1 is 1.50 bits per heavy atom. The van der Waals surface area contributed by atoms with Gasteiger partial charge in [0, 0.05) is 13.2 Å². The molecular weight excluding hydrogens is 250 g/mol. The van der Waals surface area contributed by atoms with Crippen LogP contribution < -0.4 is 5.32 Å². The van der Waals surface area contributed by atoms with E-state index in [0.717, 1.165) is 18.7 Å². The fourth-order valence-electron chi connectivity index (χ4n) is 2.36. The van der Waals surface area contributed by atoms with Gasteiger partial charge in [0.2, 0.25) is 0 Å². The van der Waals surface area contributed by atoms with E-state index in [1.807, 2.05) is 18.7 Å². The number of nitrogens with zero attached hydrogens (tertiary/aromatic N) is 2. The number of aryl methyl sites for hydroxylation is 1. The molecule has 1 N–H and O–H groups in total. The molecule has 1 rings (SSSR count). The molecule has 0 saturated carbocycles. The van der Waals surface area contributed by atoms with Crippen LogP contribution in [-0.4, -0.2) is 29.0 Å². The summed E-state index contributed by atoms with van der Waals surface area (Å²) in [6.07, 6.45) is 2.60. The highest BCUT2D eigenvalue weighted by Crippen LogP contribution is 2.35. The van der Waals surface area contributed by atoms with Gasteiger partial charge >= 0.3 is 0 Å². The predicted molar refractivity (Wildman–Crippen MR) is 75.0 cm³/mol. The minimum Gasteiger partial charge on any atom is -0.374 e. The zero-order chi connectivity index (χ0) is 13.8. The fourth-order valence-corrected chi connectivity index (χ4v) is 2.61. The van der Waals surface area contributed by atoms with E-state index in [0.29, 0.717) is 11.6 Å². The number of halogens is 1. The van der Waals surface area contributed by atoms with Gasteiger partial charge in [-0.25, -0.2) is 0 Å². The van der Waals surface area contributed by atoms with Crippen molar-refractivity contribution in [1.82, 2.24) is 15.1 Å². The van der Waals surface area contributed by atoms with E-state index >= 15 is 0 Å². The zero-order valence-electron chi connectivity index (χ0n) is 12.0. The van der Waals surface area contributed by atoms with Gasteiger partial charge in [-0.1, -0.05) is 18.5 Å². The Morgan fingerprint density at radius 2 is 2.17 bits per heavy atom. The minimum absolute atomic E-state index is 0.0254. The molecular formula is C13H24ClN3O. The highest BCUT2D eigenvalue weighted by Gasteiger charge is 2.36. The third kappa shape index (κ3) is 2.87. The molecule has 0 amide bonds. The summed E-state index contributed by atoms with van der Waals surface area (Å²) < 4.78 is 7.87. The van der Waals surface area contributed by atoms with Crippen molar-refractivity contribution in [1.29, 1.82) is 0 Å². The molecule has 0 fully saturated rings. The van der Waals surface area contributed by atoms with Gasteiger partial charge in [-0.3, -0.25) is 4.68 Å². The van der Waals surface area contributed by atoms with Crippen molar-refractivity contribution in [3.8, 4) is 0 Å². The van der Waals surface area contributed by atoms with E-state index in [1.54, 1.807) is 6.20 Å². The summed E-state index contributed by atoms with van der Waals surface area (Å²) in [4.78, 5) is 0. The maximum Gasteiger partial charge on any atom is 0.0861 e. The Morgan fingerprint density at radius 3 is 2.61 bits per heavy atom. The molecule has 0 radical (unpaired) electrons. The number of rotatable bonds is 7. The lowest BCUT2D eigenvalue weighted by Gasteiger charge is -2.37. The molecule has 0 aliphatic heterocycles. The summed E-state index contributed by atoms with van der Waals surface area (Å²) in [5.41, 5.74) is 0.708. The van der Waals surface area contributed by atoms with Gasteiger partial charge in [-0.15, -0.1) is 0 Å². The molecule has 0 aromatic carbocycles. The molecule has 2 atom stereocenters. The van der Waals surface area contributed by atoms with Crippen molar-refractivity contribution < 1.29 is 4.74 Å². The van der Waals surface area contributed by atoms with Crippen LogP contribution in [0.25, 0.3) is 0 Å². The summed E-state index contributed by atoms with van der Waals surface area (Å²) in [6.45, 7) is 9.79. The Balaban J connectivity index is 3.18. The fraction of sp³-hybridized carbons (Fsp3) is 0.769. The van der Waals surface area contributed by atoms with E-state index in [2.05, 4.69) is 31.2 Å². The van der Waals surface area contributed by atoms with Crippen molar-refractivity contribution in [3.05, 3.63) is 16.9 Å². The molecule has 5 heteroatoms. The maximum atomic E-state index is 6.28. The number of likely N-dealkylation sites (N-methyl/N-ethyl adjacent to an activating group) is 1. The molecule has 0 aliphatic carbocycles. The van der Waals surface area contributed by atoms with Crippen molar-refractivity contribution in [3.63, 3.8) is 0 Å². The smallest absolute Gasteiger partial charge is 0.0861 e. The second-order valence-corrected chi connectivity index (χ2v) is 4.92. The summed E-state index contributed by atoms with van der Waals surface area (Å²) in [5, 5.41) is 8.32. The molecule has 1 heterocycles. The van der Waals surface area contributed by atoms with Crippen LogP contribution in [0.5, 0.6) is 0 Å². The lowest BCUT2D eigenvalue weighted by Crippen LogP contribution is -2.43. The van der Waals surface area contributed by atoms with Crippen LogP contribution in [0.2, 0.25) is 5.02 Å². The second-order valence-electron chi connectivity index (χ2n) is 4.51. The van der Waals surface area contributed by atoms with Crippen LogP contribution in [0.15, 0.2) is 6.20 Å². The summed E-state index contributed by atoms with van der Waals surface area (Å²) in [5.74, 6) is 0. The van der Waals surface area contributed by atoms with Crippen LogP contribution in [-0.2, 0) is 11.3 Å². The van der Waals surface area contributed by atoms with E-state index in [-0.39, 0.29) is 11.6 Å². The molecule has 104 valence electrons. The molecule has 2 unspecified atom stereocenters. The van der Waals surface area contributed by atoms with Gasteiger partial charge in [0.25, 0.3) is 0 Å². The first kappa shape index (κ1) is 15.5. The molecule has 4 nitrogen and oxygen atoms in total. The summed E-state index contributed by atoms with van der Waals surface area (Å²) in [6, 6.07) is 0.0254. The van der Waals surface area contributed by atoms with Crippen LogP contribution in [0.4, 0.5) is 0 Å². The van der Waals surface area contributed by atoms with Crippen molar-refractivity contribution in [2.45, 2.75) is 52.3 Å². The highest BCUT2D eigenvalue weighted by molar-refractivity contribution is 6.31. The predicted octanol–water partition coefficient (Wildman–Crippen LogP) is 3.02. The normalized spacial score (nSPS) is 16.6. The lowest BCUT2D eigenvalue weighted by atomic mass is 9.90. The standard InChI is InChI=1S/C13H24ClN3O/c1-6-13(4,18-8-3)12(15-5)11-10(14)9-16-17(11)7-2/h9,12,15H,6-8H2,1-5H3. The van der Waals surface area contributed by atoms with Crippen molar-refractivity contribution >= 4 is 11.6 Å². The van der Waals surface area contributed by atoms with Gasteiger partial charge in [-0.05, 0) is 34.2 Å². The molecule has 0 bridgehead atoms. The number of hydrogen-bond acceptors (Lipinski definition) is 3. The van der Waals surface area contributed by atoms with E-state index in [1.165, 1.54) is 0 Å². The van der Waals surface area contributed by atoms with Crippen LogP contribution in [0, 0.1) is 0 Å². The number of ether oxygens (including phenoxy) is 1. The lowest BCUT2D eigenvalue weighted by molar-refractivity contribution is -0.0565. The molecule has 0 saturated heterocycles. The Bertz CT molecular complexity index is 380. The molecule has 0 spiro atoms. The van der Waals surface area contributed by atoms with Gasteiger partial charge in [0.15, 0.2) is 0 Å². The molecule has 0 aliphatic rings.